The Kier molecular flexibility index (Phi) is 5.94. The molecule has 1 N–H and O–H groups in total. The van der Waals surface area contributed by atoms with Crippen molar-refractivity contribution in [2.75, 3.05) is 6.54 Å². The molecule has 0 atom stereocenters. The van der Waals surface area contributed by atoms with E-state index in [1.54, 1.807) is 24.1 Å². The summed E-state index contributed by atoms with van der Waals surface area (Å²) in [6.07, 6.45) is 2.88. The molecule has 1 amide bonds. The average Bonchev–Trinajstić information content (AvgIpc) is 3.38. The fourth-order valence-electron chi connectivity index (χ4n) is 4.42. The Bertz CT molecular complexity index is 1560. The van der Waals surface area contributed by atoms with Gasteiger partial charge in [0.15, 0.2) is 0 Å². The first-order valence-electron chi connectivity index (χ1n) is 12.3. The molecule has 37 heavy (non-hydrogen) atoms. The molecular formula is C25H32N6O5S. The van der Waals surface area contributed by atoms with Crippen molar-refractivity contribution in [2.24, 2.45) is 0 Å². The predicted molar refractivity (Wildman–Crippen MR) is 137 cm³/mol. The van der Waals surface area contributed by atoms with E-state index in [0.717, 1.165) is 24.1 Å². The van der Waals surface area contributed by atoms with Gasteiger partial charge < -0.3 is 9.64 Å². The molecule has 1 aliphatic carbocycles. The van der Waals surface area contributed by atoms with E-state index in [0.29, 0.717) is 31.0 Å². The summed E-state index contributed by atoms with van der Waals surface area (Å²) in [6.45, 7) is 10.6. The van der Waals surface area contributed by atoms with Crippen LogP contribution >= 0.6 is 0 Å². The van der Waals surface area contributed by atoms with Crippen molar-refractivity contribution in [3.8, 4) is 0 Å². The molecule has 12 heteroatoms. The van der Waals surface area contributed by atoms with Gasteiger partial charge in [-0.3, -0.25) is 14.0 Å². The van der Waals surface area contributed by atoms with Gasteiger partial charge in [0, 0.05) is 17.6 Å². The number of sulfonamides is 1. The lowest BCUT2D eigenvalue weighted by molar-refractivity contribution is 0.0193. The molecule has 2 aromatic heterocycles. The lowest BCUT2D eigenvalue weighted by Crippen LogP contribution is -2.42. The van der Waals surface area contributed by atoms with Gasteiger partial charge in [-0.15, -0.1) is 0 Å². The third-order valence-corrected chi connectivity index (χ3v) is 8.38. The molecule has 0 spiro atoms. The monoisotopic (exact) mass is 528 g/mol. The molecular weight excluding hydrogens is 496 g/mol. The van der Waals surface area contributed by atoms with Gasteiger partial charge in [-0.1, -0.05) is 0 Å². The molecule has 1 aromatic carbocycles. The largest absolute Gasteiger partial charge is 0.444 e. The summed E-state index contributed by atoms with van der Waals surface area (Å²) in [4.78, 5) is 32.4. The van der Waals surface area contributed by atoms with E-state index < -0.39 is 27.3 Å². The molecule has 1 fully saturated rings. The quantitative estimate of drug-likeness (QED) is 0.539. The van der Waals surface area contributed by atoms with E-state index in [2.05, 4.69) is 14.8 Å². The number of carbonyl (C=O) groups excluding carboxylic acids is 1. The second kappa shape index (κ2) is 8.66. The minimum atomic E-state index is -3.76. The van der Waals surface area contributed by atoms with Crippen LogP contribution in [0.1, 0.15) is 57.6 Å². The number of amides is 1. The number of aromatic nitrogens is 4. The van der Waals surface area contributed by atoms with Crippen LogP contribution in [0.15, 0.2) is 34.1 Å². The molecule has 0 unspecified atom stereocenters. The zero-order valence-corrected chi connectivity index (χ0v) is 22.6. The van der Waals surface area contributed by atoms with Gasteiger partial charge in [0.1, 0.15) is 11.4 Å². The lowest BCUT2D eigenvalue weighted by atomic mass is 10.2. The Morgan fingerprint density at radius 2 is 1.95 bits per heavy atom. The van der Waals surface area contributed by atoms with Crippen LogP contribution in [-0.4, -0.2) is 56.4 Å². The van der Waals surface area contributed by atoms with E-state index in [1.165, 1.54) is 16.7 Å². The number of nitrogens with zero attached hydrogens (tertiary/aromatic N) is 5. The van der Waals surface area contributed by atoms with Crippen LogP contribution in [0.5, 0.6) is 0 Å². The zero-order chi connectivity index (χ0) is 26.8. The van der Waals surface area contributed by atoms with Crippen molar-refractivity contribution in [1.82, 2.24) is 29.0 Å². The van der Waals surface area contributed by atoms with Crippen LogP contribution in [0.2, 0.25) is 0 Å². The maximum Gasteiger partial charge on any atom is 0.410 e. The van der Waals surface area contributed by atoms with E-state index in [4.69, 9.17) is 4.74 Å². The van der Waals surface area contributed by atoms with Crippen molar-refractivity contribution in [3.63, 3.8) is 0 Å². The molecule has 1 saturated carbocycles. The van der Waals surface area contributed by atoms with Crippen molar-refractivity contribution in [2.45, 2.75) is 83.1 Å². The molecule has 0 bridgehead atoms. The third-order valence-electron chi connectivity index (χ3n) is 6.75. The number of fused-ring (bicyclic) bond motifs is 2. The molecule has 198 valence electrons. The number of hydrogen-bond donors (Lipinski definition) is 1. The third kappa shape index (κ3) is 5.12. The van der Waals surface area contributed by atoms with Crippen LogP contribution in [0.25, 0.3) is 10.9 Å². The highest BCUT2D eigenvalue weighted by Crippen LogP contribution is 2.36. The molecule has 11 nitrogen and oxygen atoms in total. The summed E-state index contributed by atoms with van der Waals surface area (Å²) in [5, 5.41) is 4.67. The molecule has 3 aromatic rings. The maximum atomic E-state index is 13.5. The fraction of sp³-hybridized carbons (Fsp3) is 0.520. The highest BCUT2D eigenvalue weighted by atomic mass is 32.2. The van der Waals surface area contributed by atoms with E-state index >= 15 is 0 Å². The van der Waals surface area contributed by atoms with Crippen LogP contribution in [0.3, 0.4) is 0 Å². The molecule has 5 rings (SSSR count). The summed E-state index contributed by atoms with van der Waals surface area (Å²) >= 11 is 0. The van der Waals surface area contributed by atoms with Gasteiger partial charge in [-0.25, -0.2) is 22.9 Å². The predicted octanol–water partition coefficient (Wildman–Crippen LogP) is 2.53. The Hall–Kier alpha value is -3.25. The summed E-state index contributed by atoms with van der Waals surface area (Å²) in [5.41, 5.74) is 0.680. The van der Waals surface area contributed by atoms with Crippen molar-refractivity contribution >= 4 is 27.0 Å². The Morgan fingerprint density at radius 1 is 1.22 bits per heavy atom. The van der Waals surface area contributed by atoms with Crippen LogP contribution in [0, 0.1) is 6.92 Å². The minimum Gasteiger partial charge on any atom is -0.444 e. The van der Waals surface area contributed by atoms with Crippen molar-refractivity contribution in [1.29, 1.82) is 0 Å². The fourth-order valence-corrected chi connectivity index (χ4v) is 5.91. The van der Waals surface area contributed by atoms with Crippen LogP contribution < -0.4 is 10.3 Å². The van der Waals surface area contributed by atoms with Gasteiger partial charge in [0.25, 0.3) is 5.56 Å². The lowest BCUT2D eigenvalue weighted by Gasteiger charge is -2.31. The Balaban J connectivity index is 1.46. The summed E-state index contributed by atoms with van der Waals surface area (Å²) in [6, 6.07) is 4.44. The zero-order valence-electron chi connectivity index (χ0n) is 21.7. The minimum absolute atomic E-state index is 0.0401. The summed E-state index contributed by atoms with van der Waals surface area (Å²) < 4.78 is 37.4. The second-order valence-electron chi connectivity index (χ2n) is 11.1. The van der Waals surface area contributed by atoms with E-state index in [-0.39, 0.29) is 22.4 Å². The number of carbonyl (C=O) groups is 1. The van der Waals surface area contributed by atoms with Crippen molar-refractivity contribution < 1.29 is 17.9 Å². The molecule has 0 saturated heterocycles. The van der Waals surface area contributed by atoms with E-state index in [9.17, 15) is 18.0 Å². The SMILES string of the molecule is Cc1nc2ccc(S(=O)(=O)NC3(C)CC3)cc2c(=O)n1Cc1cnn2c1CN(C(=O)OC(C)(C)C)CC2. The first-order chi connectivity index (χ1) is 17.2. The van der Waals surface area contributed by atoms with Gasteiger partial charge in [-0.05, 0) is 65.7 Å². The van der Waals surface area contributed by atoms with Gasteiger partial charge in [0.05, 0.1) is 47.3 Å². The summed E-state index contributed by atoms with van der Waals surface area (Å²) in [5.74, 6) is 0.497. The number of ether oxygens (including phenoxy) is 1. The van der Waals surface area contributed by atoms with Gasteiger partial charge in [0.2, 0.25) is 10.0 Å². The standard InChI is InChI=1S/C25H32N6O5S/c1-16-27-20-7-6-18(37(34,35)28-25(5)8-9-25)12-19(20)22(32)30(16)14-17-13-26-31-11-10-29(15-21(17)31)23(33)36-24(2,3)4/h6-7,12-13,28H,8-11,14-15H2,1-5H3. The molecule has 2 aliphatic rings. The first-order valence-corrected chi connectivity index (χ1v) is 13.8. The van der Waals surface area contributed by atoms with Crippen molar-refractivity contribution in [3.05, 3.63) is 51.8 Å². The molecule has 1 aliphatic heterocycles. The van der Waals surface area contributed by atoms with Crippen LogP contribution in [-0.2, 0) is 34.4 Å². The smallest absolute Gasteiger partial charge is 0.410 e. The topological polar surface area (TPSA) is 128 Å². The highest BCUT2D eigenvalue weighted by molar-refractivity contribution is 7.89. The highest BCUT2D eigenvalue weighted by Gasteiger charge is 2.41. The van der Waals surface area contributed by atoms with Crippen LogP contribution in [0.4, 0.5) is 4.79 Å². The number of aryl methyl sites for hydroxylation is 1. The Labute approximate surface area is 215 Å². The maximum absolute atomic E-state index is 13.5. The normalized spacial score (nSPS) is 17.1. The Morgan fingerprint density at radius 3 is 2.62 bits per heavy atom. The first kappa shape index (κ1) is 25.4. The molecule has 3 heterocycles. The number of nitrogens with one attached hydrogen (secondary N) is 1. The average molecular weight is 529 g/mol. The second-order valence-corrected chi connectivity index (χ2v) is 12.8. The number of rotatable bonds is 5. The number of hydrogen-bond acceptors (Lipinski definition) is 7. The van der Waals surface area contributed by atoms with Gasteiger partial charge in [-0.2, -0.15) is 5.10 Å². The van der Waals surface area contributed by atoms with Gasteiger partial charge >= 0.3 is 6.09 Å². The number of benzene rings is 1. The summed E-state index contributed by atoms with van der Waals surface area (Å²) in [7, 11) is -3.76. The molecule has 0 radical (unpaired) electrons. The van der Waals surface area contributed by atoms with E-state index in [1.807, 2.05) is 32.4 Å².